The van der Waals surface area contributed by atoms with E-state index in [1.54, 1.807) is 42.6 Å². The van der Waals surface area contributed by atoms with Crippen LogP contribution in [-0.4, -0.2) is 15.3 Å². The molecule has 1 N–H and O–H groups in total. The van der Waals surface area contributed by atoms with Crippen molar-refractivity contribution in [2.75, 3.05) is 5.32 Å². The van der Waals surface area contributed by atoms with Gasteiger partial charge in [0.1, 0.15) is 11.3 Å². The van der Waals surface area contributed by atoms with E-state index >= 15 is 0 Å². The van der Waals surface area contributed by atoms with Crippen LogP contribution in [-0.2, 0) is 0 Å². The van der Waals surface area contributed by atoms with E-state index in [-0.39, 0.29) is 17.2 Å². The molecule has 2 heterocycles. The molecule has 0 atom stereocenters. The van der Waals surface area contributed by atoms with Crippen molar-refractivity contribution in [2.45, 2.75) is 6.92 Å². The Morgan fingerprint density at radius 2 is 1.95 bits per heavy atom. The number of aromatic nitrogens is 2. The van der Waals surface area contributed by atoms with Crippen LogP contribution in [0.15, 0.2) is 53.6 Å². The fraction of sp³-hybridized carbons (Fsp3) is 0.0625. The number of anilines is 1. The average Bonchev–Trinajstić information content (AvgIpc) is 2.50. The van der Waals surface area contributed by atoms with Crippen molar-refractivity contribution in [3.05, 3.63) is 75.3 Å². The first kappa shape index (κ1) is 14.3. The summed E-state index contributed by atoms with van der Waals surface area (Å²) >= 11 is 5.78. The quantitative estimate of drug-likeness (QED) is 0.791. The molecular weight excluding hydrogens is 302 g/mol. The zero-order valence-corrected chi connectivity index (χ0v) is 12.5. The smallest absolute Gasteiger partial charge is 0.281 e. The van der Waals surface area contributed by atoms with Gasteiger partial charge in [0.05, 0.1) is 6.20 Å². The molecule has 0 aliphatic heterocycles. The molecule has 0 spiro atoms. The predicted molar refractivity (Wildman–Crippen MR) is 85.6 cm³/mol. The maximum absolute atomic E-state index is 12.3. The minimum absolute atomic E-state index is 0.126. The number of aryl methyl sites for hydroxylation is 1. The first-order chi connectivity index (χ1) is 10.5. The molecule has 0 saturated carbocycles. The Balaban J connectivity index is 1.95. The highest BCUT2D eigenvalue weighted by atomic mass is 35.5. The van der Waals surface area contributed by atoms with E-state index in [0.717, 1.165) is 5.56 Å². The Kier molecular flexibility index (Phi) is 3.65. The number of benzene rings is 1. The minimum Gasteiger partial charge on any atom is -0.316 e. The minimum atomic E-state index is -0.386. The zero-order chi connectivity index (χ0) is 15.7. The summed E-state index contributed by atoms with van der Waals surface area (Å²) in [7, 11) is 0. The highest BCUT2D eigenvalue weighted by molar-refractivity contribution is 6.30. The number of hydrogen-bond acceptors (Lipinski definition) is 3. The maximum atomic E-state index is 12.3. The molecule has 0 bridgehead atoms. The predicted octanol–water partition coefficient (Wildman–Crippen LogP) is 2.91. The van der Waals surface area contributed by atoms with Crippen LogP contribution in [0.3, 0.4) is 0 Å². The van der Waals surface area contributed by atoms with Gasteiger partial charge in [-0.1, -0.05) is 11.6 Å². The van der Waals surface area contributed by atoms with Gasteiger partial charge in [0, 0.05) is 16.8 Å². The molecule has 0 radical (unpaired) electrons. The number of pyridine rings is 1. The number of hydrogen-bond donors (Lipinski definition) is 1. The number of carbonyl (C=O) groups is 1. The lowest BCUT2D eigenvalue weighted by Gasteiger charge is -2.07. The lowest BCUT2D eigenvalue weighted by Crippen LogP contribution is -2.23. The van der Waals surface area contributed by atoms with E-state index < -0.39 is 0 Å². The highest BCUT2D eigenvalue weighted by Gasteiger charge is 2.10. The van der Waals surface area contributed by atoms with Crippen molar-refractivity contribution in [3.8, 4) is 0 Å². The molecule has 6 heteroatoms. The molecule has 2 aromatic heterocycles. The van der Waals surface area contributed by atoms with Crippen molar-refractivity contribution in [2.24, 2.45) is 0 Å². The molecule has 3 rings (SSSR count). The van der Waals surface area contributed by atoms with E-state index in [2.05, 4.69) is 10.3 Å². The van der Waals surface area contributed by atoms with Gasteiger partial charge in [-0.25, -0.2) is 4.98 Å². The number of fused-ring (bicyclic) bond motifs is 1. The van der Waals surface area contributed by atoms with Gasteiger partial charge in [-0.3, -0.25) is 14.0 Å². The first-order valence-electron chi connectivity index (χ1n) is 6.59. The second-order valence-electron chi connectivity index (χ2n) is 4.87. The Hall–Kier alpha value is -2.66. The molecule has 22 heavy (non-hydrogen) atoms. The molecule has 1 aromatic carbocycles. The van der Waals surface area contributed by atoms with Gasteiger partial charge in [-0.15, -0.1) is 0 Å². The lowest BCUT2D eigenvalue weighted by molar-refractivity contribution is 0.102. The van der Waals surface area contributed by atoms with E-state index in [1.807, 2.05) is 6.92 Å². The Morgan fingerprint density at radius 1 is 1.23 bits per heavy atom. The van der Waals surface area contributed by atoms with E-state index in [1.165, 1.54) is 10.6 Å². The Labute approximate surface area is 131 Å². The molecule has 0 fully saturated rings. The molecular formula is C16H12ClN3O2. The number of amides is 1. The third-order valence-corrected chi connectivity index (χ3v) is 3.47. The van der Waals surface area contributed by atoms with Gasteiger partial charge >= 0.3 is 0 Å². The zero-order valence-electron chi connectivity index (χ0n) is 11.7. The number of halogens is 1. The van der Waals surface area contributed by atoms with E-state index in [9.17, 15) is 9.59 Å². The first-order valence-corrected chi connectivity index (χ1v) is 6.97. The summed E-state index contributed by atoms with van der Waals surface area (Å²) in [5.74, 6) is -0.386. The molecule has 0 aliphatic carbocycles. The van der Waals surface area contributed by atoms with Gasteiger partial charge in [0.2, 0.25) is 0 Å². The van der Waals surface area contributed by atoms with Crippen molar-refractivity contribution < 1.29 is 4.79 Å². The number of carbonyl (C=O) groups excluding carboxylic acids is 1. The van der Waals surface area contributed by atoms with Crippen LogP contribution >= 0.6 is 11.6 Å². The van der Waals surface area contributed by atoms with Gasteiger partial charge in [-0.2, -0.15) is 0 Å². The lowest BCUT2D eigenvalue weighted by atomic mass is 10.2. The van der Waals surface area contributed by atoms with Gasteiger partial charge in [0.15, 0.2) is 0 Å². The summed E-state index contributed by atoms with van der Waals surface area (Å²) in [6.07, 6.45) is 3.00. The summed E-state index contributed by atoms with van der Waals surface area (Å²) in [6.45, 7) is 1.92. The van der Waals surface area contributed by atoms with Crippen LogP contribution in [0.5, 0.6) is 0 Å². The number of nitrogens with one attached hydrogen (secondary N) is 1. The normalized spacial score (nSPS) is 10.6. The third-order valence-electron chi connectivity index (χ3n) is 3.22. The van der Waals surface area contributed by atoms with Crippen molar-refractivity contribution in [1.29, 1.82) is 0 Å². The second-order valence-corrected chi connectivity index (χ2v) is 5.31. The molecule has 5 nitrogen and oxygen atoms in total. The second kappa shape index (κ2) is 5.61. The van der Waals surface area contributed by atoms with Gasteiger partial charge in [0.25, 0.3) is 11.5 Å². The average molecular weight is 314 g/mol. The molecule has 0 unspecified atom stereocenters. The van der Waals surface area contributed by atoms with Crippen LogP contribution in [0.25, 0.3) is 5.65 Å². The van der Waals surface area contributed by atoms with Crippen molar-refractivity contribution >= 4 is 28.8 Å². The molecule has 1 amide bonds. The van der Waals surface area contributed by atoms with Crippen LogP contribution in [0.1, 0.15) is 15.9 Å². The van der Waals surface area contributed by atoms with Crippen LogP contribution in [0.2, 0.25) is 5.02 Å². The van der Waals surface area contributed by atoms with E-state index in [4.69, 9.17) is 11.6 Å². The molecule has 0 aliphatic rings. The van der Waals surface area contributed by atoms with Crippen molar-refractivity contribution in [3.63, 3.8) is 0 Å². The summed E-state index contributed by atoms with van der Waals surface area (Å²) in [5, 5.41) is 3.12. The fourth-order valence-corrected chi connectivity index (χ4v) is 2.18. The van der Waals surface area contributed by atoms with Crippen LogP contribution in [0.4, 0.5) is 5.69 Å². The van der Waals surface area contributed by atoms with Crippen molar-refractivity contribution in [1.82, 2.24) is 9.38 Å². The Morgan fingerprint density at radius 3 is 2.68 bits per heavy atom. The molecule has 3 aromatic rings. The van der Waals surface area contributed by atoms with E-state index in [0.29, 0.717) is 16.2 Å². The highest BCUT2D eigenvalue weighted by Crippen LogP contribution is 2.11. The molecule has 0 saturated heterocycles. The van der Waals surface area contributed by atoms with Gasteiger partial charge in [-0.05, 0) is 48.9 Å². The summed E-state index contributed by atoms with van der Waals surface area (Å²) in [5.41, 5.74) is 1.76. The number of nitrogens with zero attached hydrogens (tertiary/aromatic N) is 2. The largest absolute Gasteiger partial charge is 0.316 e. The fourth-order valence-electron chi connectivity index (χ4n) is 2.06. The number of rotatable bonds is 2. The summed E-state index contributed by atoms with van der Waals surface area (Å²) < 4.78 is 1.39. The third kappa shape index (κ3) is 2.71. The van der Waals surface area contributed by atoms with Crippen LogP contribution < -0.4 is 10.9 Å². The van der Waals surface area contributed by atoms with Gasteiger partial charge < -0.3 is 5.32 Å². The Bertz CT molecular complexity index is 917. The van der Waals surface area contributed by atoms with Crippen LogP contribution in [0, 0.1) is 6.92 Å². The molecule has 110 valence electrons. The maximum Gasteiger partial charge on any atom is 0.281 e. The monoisotopic (exact) mass is 313 g/mol. The summed E-state index contributed by atoms with van der Waals surface area (Å²) in [6, 6.07) is 10.0. The standard InChI is InChI=1S/C16H12ClN3O2/c1-10-6-7-20-14(8-10)18-9-13(16(20)22)19-15(21)11-2-4-12(17)5-3-11/h2-9H,1H3,(H,19,21). The topological polar surface area (TPSA) is 63.5 Å². The SMILES string of the molecule is Cc1ccn2c(=O)c(NC(=O)c3ccc(Cl)cc3)cnc2c1. The summed E-state index contributed by atoms with van der Waals surface area (Å²) in [4.78, 5) is 28.7.